The minimum Gasteiger partial charge on any atom is -0.334 e. The fourth-order valence-corrected chi connectivity index (χ4v) is 3.86. The number of carbonyl (C=O) groups is 1. The second-order valence-electron chi connectivity index (χ2n) is 7.05. The Morgan fingerprint density at radius 3 is 2.84 bits per heavy atom. The molecule has 1 aliphatic carbocycles. The van der Waals surface area contributed by atoms with Gasteiger partial charge in [-0.3, -0.25) is 9.78 Å². The van der Waals surface area contributed by atoms with Crippen molar-refractivity contribution in [2.45, 2.75) is 31.7 Å². The normalized spacial score (nSPS) is 20.3. The lowest BCUT2D eigenvalue weighted by molar-refractivity contribution is -0.133. The number of nitrogens with zero attached hydrogens (tertiary/aromatic N) is 4. The molecule has 0 unspecified atom stereocenters. The summed E-state index contributed by atoms with van der Waals surface area (Å²) in [7, 11) is 0. The smallest absolute Gasteiger partial charge is 0.226 e. The van der Waals surface area contributed by atoms with Crippen LogP contribution in [0.1, 0.15) is 37.4 Å². The number of rotatable bonds is 3. The summed E-state index contributed by atoms with van der Waals surface area (Å²) in [6, 6.07) is 8.35. The van der Waals surface area contributed by atoms with Crippen molar-refractivity contribution in [2.75, 3.05) is 6.54 Å². The van der Waals surface area contributed by atoms with Gasteiger partial charge in [0, 0.05) is 36.6 Å². The molecule has 1 saturated carbocycles. The van der Waals surface area contributed by atoms with E-state index >= 15 is 0 Å². The number of carbonyl (C=O) groups excluding carboxylic acids is 1. The Kier molecular flexibility index (Phi) is 3.33. The number of hydrogen-bond donors (Lipinski definition) is 0. The van der Waals surface area contributed by atoms with Gasteiger partial charge in [0.15, 0.2) is 0 Å². The van der Waals surface area contributed by atoms with E-state index in [9.17, 15) is 4.79 Å². The summed E-state index contributed by atoms with van der Waals surface area (Å²) in [5, 5.41) is 0. The second kappa shape index (κ2) is 5.69. The Hall–Kier alpha value is -2.69. The number of fused-ring (bicyclic) bond motifs is 1. The van der Waals surface area contributed by atoms with Gasteiger partial charge in [0.2, 0.25) is 5.91 Å². The summed E-state index contributed by atoms with van der Waals surface area (Å²) >= 11 is 0. The van der Waals surface area contributed by atoms with E-state index in [-0.39, 0.29) is 12.0 Å². The molecule has 0 spiro atoms. The molecule has 5 rings (SSSR count). The molecule has 1 amide bonds. The third-order valence-corrected chi connectivity index (χ3v) is 5.33. The lowest BCUT2D eigenvalue weighted by atomic mass is 10.1. The zero-order valence-electron chi connectivity index (χ0n) is 14.0. The zero-order valence-corrected chi connectivity index (χ0v) is 14.0. The van der Waals surface area contributed by atoms with Gasteiger partial charge in [0.25, 0.3) is 0 Å². The van der Waals surface area contributed by atoms with Crippen molar-refractivity contribution < 1.29 is 4.79 Å². The highest BCUT2D eigenvalue weighted by Crippen LogP contribution is 2.39. The van der Waals surface area contributed by atoms with E-state index in [1.807, 2.05) is 18.6 Å². The SMILES string of the molecule is O=C(C1CC1)N1CCC[C@H]1c1ncn2cc(-c3cccnc3)ccc12. The molecule has 0 N–H and O–H groups in total. The van der Waals surface area contributed by atoms with Crippen LogP contribution in [0.4, 0.5) is 0 Å². The van der Waals surface area contributed by atoms with E-state index in [1.165, 1.54) is 0 Å². The number of pyridine rings is 2. The lowest BCUT2D eigenvalue weighted by Gasteiger charge is -2.23. The van der Waals surface area contributed by atoms with Crippen molar-refractivity contribution in [1.29, 1.82) is 0 Å². The molecule has 2 fully saturated rings. The molecule has 0 aromatic carbocycles. The Morgan fingerprint density at radius 1 is 1.12 bits per heavy atom. The zero-order chi connectivity index (χ0) is 16.8. The predicted molar refractivity (Wildman–Crippen MR) is 94.8 cm³/mol. The fraction of sp³-hybridized carbons (Fsp3) is 0.350. The molecule has 0 radical (unpaired) electrons. The molecule has 3 aromatic heterocycles. The van der Waals surface area contributed by atoms with Crippen LogP contribution in [0.3, 0.4) is 0 Å². The number of likely N-dealkylation sites (tertiary alicyclic amines) is 1. The summed E-state index contributed by atoms with van der Waals surface area (Å²) in [6.45, 7) is 0.868. The van der Waals surface area contributed by atoms with Gasteiger partial charge in [0.05, 0.1) is 23.6 Å². The van der Waals surface area contributed by atoms with Crippen molar-refractivity contribution >= 4 is 11.4 Å². The molecule has 1 saturated heterocycles. The van der Waals surface area contributed by atoms with Gasteiger partial charge in [-0.25, -0.2) is 4.98 Å². The van der Waals surface area contributed by atoms with E-state index in [2.05, 4.69) is 43.7 Å². The Balaban J connectivity index is 1.51. The molecular weight excluding hydrogens is 312 g/mol. The molecule has 3 aromatic rings. The third-order valence-electron chi connectivity index (χ3n) is 5.33. The molecule has 4 heterocycles. The van der Waals surface area contributed by atoms with Gasteiger partial charge in [-0.1, -0.05) is 12.1 Å². The highest BCUT2D eigenvalue weighted by Gasteiger charge is 2.39. The maximum atomic E-state index is 12.6. The van der Waals surface area contributed by atoms with E-state index in [4.69, 9.17) is 0 Å². The number of aromatic nitrogens is 3. The molecule has 5 heteroatoms. The average molecular weight is 332 g/mol. The van der Waals surface area contributed by atoms with Crippen molar-refractivity contribution in [1.82, 2.24) is 19.3 Å². The van der Waals surface area contributed by atoms with Crippen molar-refractivity contribution in [3.8, 4) is 11.1 Å². The van der Waals surface area contributed by atoms with E-state index in [1.54, 1.807) is 6.20 Å². The lowest BCUT2D eigenvalue weighted by Crippen LogP contribution is -2.31. The van der Waals surface area contributed by atoms with E-state index in [0.29, 0.717) is 5.91 Å². The van der Waals surface area contributed by atoms with Crippen molar-refractivity contribution in [3.05, 3.63) is 54.9 Å². The third kappa shape index (κ3) is 2.51. The number of amides is 1. The molecule has 25 heavy (non-hydrogen) atoms. The first kappa shape index (κ1) is 14.6. The van der Waals surface area contributed by atoms with E-state index in [0.717, 1.165) is 54.6 Å². The average Bonchev–Trinajstić information content (AvgIpc) is 3.25. The van der Waals surface area contributed by atoms with Crippen LogP contribution < -0.4 is 0 Å². The van der Waals surface area contributed by atoms with E-state index < -0.39 is 0 Å². The number of imidazole rings is 1. The summed E-state index contributed by atoms with van der Waals surface area (Å²) in [4.78, 5) is 23.5. The maximum Gasteiger partial charge on any atom is 0.226 e. The van der Waals surface area contributed by atoms with Gasteiger partial charge in [-0.2, -0.15) is 0 Å². The summed E-state index contributed by atoms with van der Waals surface area (Å²) < 4.78 is 2.07. The van der Waals surface area contributed by atoms with Gasteiger partial charge in [-0.05, 0) is 43.4 Å². The minimum absolute atomic E-state index is 0.127. The molecule has 1 aliphatic heterocycles. The van der Waals surface area contributed by atoms with Gasteiger partial charge in [-0.15, -0.1) is 0 Å². The molecule has 2 aliphatic rings. The molecular formula is C20H20N4O. The number of hydrogen-bond acceptors (Lipinski definition) is 3. The van der Waals surface area contributed by atoms with Crippen LogP contribution in [0.15, 0.2) is 49.2 Å². The maximum absolute atomic E-state index is 12.6. The summed E-state index contributed by atoms with van der Waals surface area (Å²) in [5.41, 5.74) is 4.32. The Labute approximate surface area is 146 Å². The highest BCUT2D eigenvalue weighted by molar-refractivity contribution is 5.82. The topological polar surface area (TPSA) is 50.5 Å². The molecule has 1 atom stereocenters. The molecule has 126 valence electrons. The first-order chi connectivity index (χ1) is 12.3. The van der Waals surface area contributed by atoms with Crippen molar-refractivity contribution in [3.63, 3.8) is 0 Å². The fourth-order valence-electron chi connectivity index (χ4n) is 3.86. The standard InChI is InChI=1S/C20H20N4O/c25-20(14-5-6-14)24-10-2-4-18(24)19-17-8-7-16(12-23(17)13-22-19)15-3-1-9-21-11-15/h1,3,7-9,11-14,18H,2,4-6,10H2/t18-/m0/s1. The summed E-state index contributed by atoms with van der Waals surface area (Å²) in [5.74, 6) is 0.599. The second-order valence-corrected chi connectivity index (χ2v) is 7.05. The Bertz CT molecular complexity index is 929. The van der Waals surface area contributed by atoms with Crippen LogP contribution in [-0.2, 0) is 4.79 Å². The van der Waals surface area contributed by atoms with Crippen LogP contribution in [-0.4, -0.2) is 31.7 Å². The molecule has 5 nitrogen and oxygen atoms in total. The molecule has 0 bridgehead atoms. The predicted octanol–water partition coefficient (Wildman–Crippen LogP) is 3.47. The van der Waals surface area contributed by atoms with Gasteiger partial charge in [0.1, 0.15) is 0 Å². The van der Waals surface area contributed by atoms with Crippen LogP contribution in [0.25, 0.3) is 16.6 Å². The minimum atomic E-state index is 0.127. The van der Waals surface area contributed by atoms with Crippen LogP contribution in [0, 0.1) is 5.92 Å². The first-order valence-corrected chi connectivity index (χ1v) is 8.99. The monoisotopic (exact) mass is 332 g/mol. The first-order valence-electron chi connectivity index (χ1n) is 8.99. The summed E-state index contributed by atoms with van der Waals surface area (Å²) in [6.07, 6.45) is 11.8. The van der Waals surface area contributed by atoms with Crippen LogP contribution >= 0.6 is 0 Å². The van der Waals surface area contributed by atoms with Crippen molar-refractivity contribution in [2.24, 2.45) is 5.92 Å². The quantitative estimate of drug-likeness (QED) is 0.738. The Morgan fingerprint density at radius 2 is 2.04 bits per heavy atom. The van der Waals surface area contributed by atoms with Gasteiger partial charge >= 0.3 is 0 Å². The largest absolute Gasteiger partial charge is 0.334 e. The van der Waals surface area contributed by atoms with Gasteiger partial charge < -0.3 is 9.30 Å². The van der Waals surface area contributed by atoms with Crippen LogP contribution in [0.2, 0.25) is 0 Å². The van der Waals surface area contributed by atoms with Crippen LogP contribution in [0.5, 0.6) is 0 Å². The highest BCUT2D eigenvalue weighted by atomic mass is 16.2.